The normalized spacial score (nSPS) is 20.5. The highest BCUT2D eigenvalue weighted by Crippen LogP contribution is 2.43. The van der Waals surface area contributed by atoms with E-state index in [9.17, 15) is 5.21 Å². The Labute approximate surface area is 156 Å². The van der Waals surface area contributed by atoms with Gasteiger partial charge in [-0.05, 0) is 50.2 Å². The van der Waals surface area contributed by atoms with Gasteiger partial charge in [-0.2, -0.15) is 4.74 Å². The molecule has 0 bridgehead atoms. The van der Waals surface area contributed by atoms with E-state index in [1.54, 1.807) is 30.1 Å². The zero-order chi connectivity index (χ0) is 17.3. The summed E-state index contributed by atoms with van der Waals surface area (Å²) in [7, 11) is 0. The van der Waals surface area contributed by atoms with E-state index in [1.807, 2.05) is 61.2 Å². The Morgan fingerprint density at radius 2 is 1.79 bits per heavy atom. The summed E-state index contributed by atoms with van der Waals surface area (Å²) in [4.78, 5) is 1.93. The van der Waals surface area contributed by atoms with Crippen LogP contribution in [0.2, 0.25) is 5.02 Å². The van der Waals surface area contributed by atoms with Crippen molar-refractivity contribution in [3.05, 3.63) is 70.4 Å². The van der Waals surface area contributed by atoms with Crippen LogP contribution in [0.4, 0.5) is 5.69 Å². The zero-order valence-corrected chi connectivity index (χ0v) is 15.7. The van der Waals surface area contributed by atoms with Crippen LogP contribution < -0.4 is 4.90 Å². The molecule has 3 rings (SSSR count). The highest BCUT2D eigenvalue weighted by Gasteiger charge is 2.51. The fourth-order valence-corrected chi connectivity index (χ4v) is 4.80. The van der Waals surface area contributed by atoms with Crippen LogP contribution in [-0.4, -0.2) is 26.2 Å². The first-order chi connectivity index (χ1) is 11.4. The van der Waals surface area contributed by atoms with Gasteiger partial charge in [-0.25, -0.2) is 0 Å². The second kappa shape index (κ2) is 6.75. The Morgan fingerprint density at radius 3 is 2.42 bits per heavy atom. The molecule has 124 valence electrons. The molecule has 2 aromatic rings. The van der Waals surface area contributed by atoms with E-state index >= 15 is 0 Å². The summed E-state index contributed by atoms with van der Waals surface area (Å²) in [6.45, 7) is 4.08. The lowest BCUT2D eigenvalue weighted by atomic mass is 10.1. The van der Waals surface area contributed by atoms with E-state index in [-0.39, 0.29) is 4.75 Å². The van der Waals surface area contributed by atoms with Gasteiger partial charge in [-0.15, -0.1) is 0 Å². The molecule has 1 heterocycles. The van der Waals surface area contributed by atoms with Crippen LogP contribution in [0.1, 0.15) is 19.4 Å². The standard InChI is InChI=1S/C18H17ClN2OS2/c1-18(2)16(20(22)12-13-8-10-14(19)11-9-13)21(17(23)24-18)15-6-4-3-5-7-15/h3-12,16H,1-2H3/b20-12-. The van der Waals surface area contributed by atoms with Crippen LogP contribution >= 0.6 is 35.6 Å². The van der Waals surface area contributed by atoms with Crippen LogP contribution in [-0.2, 0) is 0 Å². The van der Waals surface area contributed by atoms with Crippen molar-refractivity contribution in [1.82, 2.24) is 0 Å². The predicted octanol–water partition coefficient (Wildman–Crippen LogP) is 4.91. The number of benzene rings is 2. The van der Waals surface area contributed by atoms with Gasteiger partial charge in [0, 0.05) is 16.3 Å². The summed E-state index contributed by atoms with van der Waals surface area (Å²) in [6, 6.07) is 17.0. The molecule has 0 aromatic heterocycles. The molecule has 1 saturated heterocycles. The minimum atomic E-state index is -0.423. The zero-order valence-electron chi connectivity index (χ0n) is 13.3. The Kier molecular flexibility index (Phi) is 4.85. The minimum Gasteiger partial charge on any atom is -0.622 e. The van der Waals surface area contributed by atoms with Crippen LogP contribution in [0, 0.1) is 5.21 Å². The molecule has 1 unspecified atom stereocenters. The number of hydrogen-bond donors (Lipinski definition) is 0. The minimum absolute atomic E-state index is 0.336. The average molecular weight is 377 g/mol. The van der Waals surface area contributed by atoms with Gasteiger partial charge in [-0.1, -0.05) is 53.8 Å². The number of nitrogens with zero attached hydrogens (tertiary/aromatic N) is 2. The third-order valence-corrected chi connectivity index (χ3v) is 5.64. The van der Waals surface area contributed by atoms with Crippen molar-refractivity contribution in [2.24, 2.45) is 0 Å². The molecule has 1 atom stereocenters. The van der Waals surface area contributed by atoms with Gasteiger partial charge in [-0.3, -0.25) is 4.90 Å². The summed E-state index contributed by atoms with van der Waals surface area (Å²) in [5.41, 5.74) is 1.73. The molecule has 24 heavy (non-hydrogen) atoms. The summed E-state index contributed by atoms with van der Waals surface area (Å²) < 4.78 is 1.36. The van der Waals surface area contributed by atoms with Crippen molar-refractivity contribution < 1.29 is 4.74 Å². The van der Waals surface area contributed by atoms with Crippen molar-refractivity contribution in [2.75, 3.05) is 4.90 Å². The first-order valence-electron chi connectivity index (χ1n) is 7.52. The Hall–Kier alpha value is -1.56. The second-order valence-corrected chi connectivity index (χ2v) is 8.82. The van der Waals surface area contributed by atoms with Crippen molar-refractivity contribution in [3.8, 4) is 0 Å². The maximum Gasteiger partial charge on any atom is 0.258 e. The van der Waals surface area contributed by atoms with Gasteiger partial charge in [0.15, 0.2) is 6.21 Å². The number of thioether (sulfide) groups is 1. The lowest BCUT2D eigenvalue weighted by Crippen LogP contribution is -2.48. The molecule has 1 aliphatic rings. The lowest BCUT2D eigenvalue weighted by Gasteiger charge is -2.29. The molecular formula is C18H17ClN2OS2. The molecule has 2 aromatic carbocycles. The molecular weight excluding hydrogens is 360 g/mol. The van der Waals surface area contributed by atoms with E-state index in [4.69, 9.17) is 23.8 Å². The first-order valence-corrected chi connectivity index (χ1v) is 9.12. The van der Waals surface area contributed by atoms with E-state index < -0.39 is 6.17 Å². The molecule has 0 radical (unpaired) electrons. The molecule has 0 amide bonds. The maximum absolute atomic E-state index is 13.0. The maximum atomic E-state index is 13.0. The first kappa shape index (κ1) is 17.3. The van der Waals surface area contributed by atoms with E-state index in [0.717, 1.165) is 16.0 Å². The van der Waals surface area contributed by atoms with Gasteiger partial charge >= 0.3 is 0 Å². The number of hydroxylamine groups is 1. The van der Waals surface area contributed by atoms with Gasteiger partial charge < -0.3 is 5.21 Å². The molecule has 1 aliphatic heterocycles. The number of halogens is 1. The van der Waals surface area contributed by atoms with Crippen LogP contribution in [0.25, 0.3) is 0 Å². The Balaban J connectivity index is 2.01. The number of hydrogen-bond acceptors (Lipinski definition) is 3. The van der Waals surface area contributed by atoms with Crippen molar-refractivity contribution in [3.63, 3.8) is 0 Å². The van der Waals surface area contributed by atoms with Crippen molar-refractivity contribution in [2.45, 2.75) is 24.8 Å². The van der Waals surface area contributed by atoms with Gasteiger partial charge in [0.05, 0.1) is 0 Å². The number of para-hydroxylation sites is 1. The number of thiocarbonyl (C=S) groups is 1. The SMILES string of the molecule is CC1(C)SC(=S)N(c2ccccc2)C1/[N+]([O-])=C/c1ccc(Cl)cc1. The third-order valence-electron chi connectivity index (χ3n) is 3.84. The Bertz CT molecular complexity index is 775. The third kappa shape index (κ3) is 3.43. The smallest absolute Gasteiger partial charge is 0.258 e. The topological polar surface area (TPSA) is 29.3 Å². The summed E-state index contributed by atoms with van der Waals surface area (Å²) in [5, 5.41) is 13.6. The summed E-state index contributed by atoms with van der Waals surface area (Å²) >= 11 is 13.0. The summed E-state index contributed by atoms with van der Waals surface area (Å²) in [6.07, 6.45) is 1.17. The molecule has 0 N–H and O–H groups in total. The van der Waals surface area contributed by atoms with Crippen LogP contribution in [0.3, 0.4) is 0 Å². The molecule has 6 heteroatoms. The quantitative estimate of drug-likeness (QED) is 0.250. The van der Waals surface area contributed by atoms with Crippen LogP contribution in [0.15, 0.2) is 54.6 Å². The Morgan fingerprint density at radius 1 is 1.17 bits per heavy atom. The summed E-state index contributed by atoms with van der Waals surface area (Å²) in [5.74, 6) is 0. The average Bonchev–Trinajstić information content (AvgIpc) is 2.79. The lowest BCUT2D eigenvalue weighted by molar-refractivity contribution is -0.497. The van der Waals surface area contributed by atoms with Gasteiger partial charge in [0.25, 0.3) is 6.17 Å². The fraction of sp³-hybridized carbons (Fsp3) is 0.222. The van der Waals surface area contributed by atoms with E-state index in [0.29, 0.717) is 9.34 Å². The molecule has 0 spiro atoms. The van der Waals surface area contributed by atoms with Crippen molar-refractivity contribution in [1.29, 1.82) is 0 Å². The molecule has 0 saturated carbocycles. The van der Waals surface area contributed by atoms with Gasteiger partial charge in [0.2, 0.25) is 0 Å². The highest BCUT2D eigenvalue weighted by atomic mass is 35.5. The monoisotopic (exact) mass is 376 g/mol. The van der Waals surface area contributed by atoms with E-state index in [1.165, 1.54) is 0 Å². The highest BCUT2D eigenvalue weighted by molar-refractivity contribution is 8.24. The predicted molar refractivity (Wildman–Crippen MR) is 107 cm³/mol. The van der Waals surface area contributed by atoms with Gasteiger partial charge in [0.1, 0.15) is 9.07 Å². The molecule has 1 fully saturated rings. The molecule has 0 aliphatic carbocycles. The fourth-order valence-electron chi connectivity index (χ4n) is 2.76. The van der Waals surface area contributed by atoms with Crippen LogP contribution in [0.5, 0.6) is 0 Å². The molecule has 3 nitrogen and oxygen atoms in total. The number of rotatable bonds is 3. The largest absolute Gasteiger partial charge is 0.622 e. The van der Waals surface area contributed by atoms with E-state index in [2.05, 4.69) is 0 Å². The number of anilines is 1. The second-order valence-electron chi connectivity index (χ2n) is 6.09. The van der Waals surface area contributed by atoms with Crippen molar-refractivity contribution >= 4 is 51.8 Å².